The summed E-state index contributed by atoms with van der Waals surface area (Å²) < 4.78 is 2.27. The molecule has 4 aromatic rings. The second kappa shape index (κ2) is 8.93. The van der Waals surface area contributed by atoms with Gasteiger partial charge in [0.05, 0.1) is 0 Å². The summed E-state index contributed by atoms with van der Waals surface area (Å²) >= 11 is 0. The van der Waals surface area contributed by atoms with Crippen LogP contribution in [0, 0.1) is 0 Å². The van der Waals surface area contributed by atoms with Crippen molar-refractivity contribution in [1.29, 1.82) is 0 Å². The first-order chi connectivity index (χ1) is 16.5. The highest BCUT2D eigenvalue weighted by molar-refractivity contribution is 5.78. The molecule has 0 aliphatic carbocycles. The number of carbonyl (C=O) groups excluding carboxylic acids is 1. The molecule has 0 unspecified atom stereocenters. The van der Waals surface area contributed by atoms with Crippen molar-refractivity contribution < 1.29 is 4.79 Å². The molecule has 9 heteroatoms. The Hall–Kier alpha value is -4.27. The third-order valence-electron chi connectivity index (χ3n) is 6.16. The van der Waals surface area contributed by atoms with Crippen LogP contribution in [0.15, 0.2) is 76.4 Å². The summed E-state index contributed by atoms with van der Waals surface area (Å²) in [7, 11) is 1.55. The lowest BCUT2D eigenvalue weighted by atomic mass is 10.2. The van der Waals surface area contributed by atoms with E-state index in [0.29, 0.717) is 32.0 Å². The number of piperazine rings is 1. The molecule has 0 N–H and O–H groups in total. The van der Waals surface area contributed by atoms with Crippen LogP contribution in [0.25, 0.3) is 22.4 Å². The maximum absolute atomic E-state index is 13.1. The number of carbonyl (C=O) groups is 1. The molecule has 0 spiro atoms. The molecule has 1 fully saturated rings. The number of aryl methyl sites for hydroxylation is 1. The van der Waals surface area contributed by atoms with Gasteiger partial charge in [0.25, 0.3) is 5.56 Å². The fourth-order valence-corrected chi connectivity index (χ4v) is 4.24. The zero-order valence-corrected chi connectivity index (χ0v) is 18.8. The number of para-hydroxylation sites is 1. The number of aromatic nitrogens is 4. The van der Waals surface area contributed by atoms with Gasteiger partial charge in [0.2, 0.25) is 5.91 Å². The fraction of sp³-hybridized carbons (Fsp3) is 0.240. The Morgan fingerprint density at radius 2 is 1.56 bits per heavy atom. The van der Waals surface area contributed by atoms with Gasteiger partial charge in [-0.3, -0.25) is 18.7 Å². The molecule has 172 valence electrons. The minimum Gasteiger partial charge on any atom is -0.368 e. The van der Waals surface area contributed by atoms with Crippen LogP contribution < -0.4 is 16.1 Å². The monoisotopic (exact) mass is 456 g/mol. The minimum absolute atomic E-state index is 0.198. The summed E-state index contributed by atoms with van der Waals surface area (Å²) in [5.74, 6) is 0.167. The average Bonchev–Trinajstić information content (AvgIpc) is 2.90. The molecular weight excluding hydrogens is 432 g/mol. The molecule has 1 aliphatic heterocycles. The first-order valence-corrected chi connectivity index (χ1v) is 11.1. The van der Waals surface area contributed by atoms with Crippen LogP contribution in [0.5, 0.6) is 0 Å². The van der Waals surface area contributed by atoms with Crippen LogP contribution in [0.2, 0.25) is 0 Å². The van der Waals surface area contributed by atoms with Gasteiger partial charge in [-0.2, -0.15) is 0 Å². The number of nitrogens with zero attached hydrogens (tertiary/aromatic N) is 6. The molecule has 0 radical (unpaired) electrons. The van der Waals surface area contributed by atoms with Gasteiger partial charge in [0, 0.05) is 50.7 Å². The van der Waals surface area contributed by atoms with Crippen molar-refractivity contribution in [2.24, 2.45) is 7.05 Å². The summed E-state index contributed by atoms with van der Waals surface area (Å²) in [5.41, 5.74) is 0.999. The van der Waals surface area contributed by atoms with E-state index < -0.39 is 11.2 Å². The number of benzene rings is 2. The van der Waals surface area contributed by atoms with Crippen LogP contribution in [-0.2, 0) is 18.4 Å². The first kappa shape index (κ1) is 21.6. The van der Waals surface area contributed by atoms with Crippen LogP contribution in [0.4, 0.5) is 5.69 Å². The lowest BCUT2D eigenvalue weighted by Gasteiger charge is -2.36. The largest absolute Gasteiger partial charge is 0.368 e. The quantitative estimate of drug-likeness (QED) is 0.462. The maximum Gasteiger partial charge on any atom is 0.332 e. The normalized spacial score (nSPS) is 13.9. The van der Waals surface area contributed by atoms with E-state index in [9.17, 15) is 14.4 Å². The van der Waals surface area contributed by atoms with Gasteiger partial charge in [-0.05, 0) is 12.1 Å². The Morgan fingerprint density at radius 1 is 0.912 bits per heavy atom. The Labute approximate surface area is 195 Å². The summed E-state index contributed by atoms with van der Waals surface area (Å²) in [4.78, 5) is 51.7. The van der Waals surface area contributed by atoms with E-state index in [4.69, 9.17) is 0 Å². The topological polar surface area (TPSA) is 93.3 Å². The number of rotatable bonds is 4. The van der Waals surface area contributed by atoms with E-state index in [0.717, 1.165) is 15.8 Å². The molecule has 2 aromatic heterocycles. The molecule has 1 aliphatic rings. The molecule has 1 saturated heterocycles. The maximum atomic E-state index is 13.1. The van der Waals surface area contributed by atoms with E-state index in [-0.39, 0.29) is 23.5 Å². The predicted molar refractivity (Wildman–Crippen MR) is 130 cm³/mol. The third-order valence-corrected chi connectivity index (χ3v) is 6.16. The van der Waals surface area contributed by atoms with Crippen molar-refractivity contribution in [3.63, 3.8) is 0 Å². The summed E-state index contributed by atoms with van der Waals surface area (Å²) in [5, 5.41) is 0.198. The van der Waals surface area contributed by atoms with Gasteiger partial charge in [-0.25, -0.2) is 14.8 Å². The summed E-state index contributed by atoms with van der Waals surface area (Å²) in [6, 6.07) is 19.4. The van der Waals surface area contributed by atoms with Gasteiger partial charge in [-0.1, -0.05) is 48.5 Å². The SMILES string of the molecule is Cn1c(=O)n(CC(=O)N2CCN(c3ccccc3)CC2)c(=O)c2cnc(-c3ccccc3)nc21. The molecule has 0 bridgehead atoms. The third kappa shape index (κ3) is 3.96. The van der Waals surface area contributed by atoms with Gasteiger partial charge >= 0.3 is 5.69 Å². The highest BCUT2D eigenvalue weighted by atomic mass is 16.2. The van der Waals surface area contributed by atoms with E-state index in [1.165, 1.54) is 10.8 Å². The van der Waals surface area contributed by atoms with Gasteiger partial charge in [0.1, 0.15) is 11.9 Å². The Kier molecular flexibility index (Phi) is 5.67. The average molecular weight is 457 g/mol. The molecule has 2 aromatic carbocycles. The highest BCUT2D eigenvalue weighted by Gasteiger charge is 2.23. The first-order valence-electron chi connectivity index (χ1n) is 11.1. The highest BCUT2D eigenvalue weighted by Crippen LogP contribution is 2.17. The van der Waals surface area contributed by atoms with Crippen molar-refractivity contribution in [2.45, 2.75) is 6.54 Å². The van der Waals surface area contributed by atoms with Crippen molar-refractivity contribution in [1.82, 2.24) is 24.0 Å². The number of hydrogen-bond donors (Lipinski definition) is 0. The Bertz CT molecular complexity index is 1460. The van der Waals surface area contributed by atoms with Crippen LogP contribution in [0.1, 0.15) is 0 Å². The molecule has 1 amide bonds. The molecule has 0 saturated carbocycles. The zero-order valence-electron chi connectivity index (χ0n) is 18.8. The second-order valence-electron chi connectivity index (χ2n) is 8.23. The van der Waals surface area contributed by atoms with Crippen LogP contribution in [-0.4, -0.2) is 56.1 Å². The van der Waals surface area contributed by atoms with Crippen LogP contribution in [0.3, 0.4) is 0 Å². The van der Waals surface area contributed by atoms with E-state index >= 15 is 0 Å². The lowest BCUT2D eigenvalue weighted by molar-refractivity contribution is -0.132. The Balaban J connectivity index is 1.38. The smallest absolute Gasteiger partial charge is 0.332 e. The second-order valence-corrected chi connectivity index (χ2v) is 8.23. The van der Waals surface area contributed by atoms with Gasteiger partial charge < -0.3 is 9.80 Å². The van der Waals surface area contributed by atoms with E-state index in [2.05, 4.69) is 14.9 Å². The van der Waals surface area contributed by atoms with Gasteiger partial charge in [-0.15, -0.1) is 0 Å². The van der Waals surface area contributed by atoms with Crippen molar-refractivity contribution >= 4 is 22.6 Å². The molecule has 9 nitrogen and oxygen atoms in total. The van der Waals surface area contributed by atoms with Crippen molar-refractivity contribution in [2.75, 3.05) is 31.1 Å². The van der Waals surface area contributed by atoms with Crippen molar-refractivity contribution in [3.8, 4) is 11.4 Å². The molecular formula is C25H24N6O3. The molecule has 5 rings (SSSR count). The van der Waals surface area contributed by atoms with Crippen LogP contribution >= 0.6 is 0 Å². The number of hydrogen-bond acceptors (Lipinski definition) is 6. The standard InChI is InChI=1S/C25H24N6O3/c1-28-23-20(16-26-22(27-23)18-8-4-2-5-9-18)24(33)31(25(28)34)17-21(32)30-14-12-29(13-15-30)19-10-6-3-7-11-19/h2-11,16H,12-15,17H2,1H3. The van der Waals surface area contributed by atoms with E-state index in [1.807, 2.05) is 60.7 Å². The molecule has 0 atom stereocenters. The number of fused-ring (bicyclic) bond motifs is 1. The fourth-order valence-electron chi connectivity index (χ4n) is 4.24. The molecule has 3 heterocycles. The summed E-state index contributed by atoms with van der Waals surface area (Å²) in [6.07, 6.45) is 1.42. The number of anilines is 1. The molecule has 34 heavy (non-hydrogen) atoms. The lowest BCUT2D eigenvalue weighted by Crippen LogP contribution is -2.51. The minimum atomic E-state index is -0.577. The summed E-state index contributed by atoms with van der Waals surface area (Å²) in [6.45, 7) is 2.13. The number of amides is 1. The van der Waals surface area contributed by atoms with E-state index in [1.54, 1.807) is 11.9 Å². The van der Waals surface area contributed by atoms with Crippen molar-refractivity contribution in [3.05, 3.63) is 87.7 Å². The Morgan fingerprint density at radius 3 is 2.24 bits per heavy atom. The zero-order chi connectivity index (χ0) is 23.7. The predicted octanol–water partition coefficient (Wildman–Crippen LogP) is 1.51. The van der Waals surface area contributed by atoms with Gasteiger partial charge in [0.15, 0.2) is 11.5 Å².